The largest absolute Gasteiger partial charge is 0.458 e. The molecule has 0 aliphatic carbocycles. The van der Waals surface area contributed by atoms with Gasteiger partial charge in [-0.1, -0.05) is 212 Å². The molecule has 0 amide bonds. The molecule has 19 rings (SSSR count). The van der Waals surface area contributed by atoms with Gasteiger partial charge in [-0.2, -0.15) is 5.26 Å². The van der Waals surface area contributed by atoms with Crippen molar-refractivity contribution in [3.8, 4) is 45.5 Å². The third-order valence-corrected chi connectivity index (χ3v) is 19.8. The van der Waals surface area contributed by atoms with E-state index in [0.29, 0.717) is 17.0 Å². The van der Waals surface area contributed by atoms with Crippen LogP contribution >= 0.6 is 0 Å². The lowest BCUT2D eigenvalue weighted by molar-refractivity contribution is 0.487. The summed E-state index contributed by atoms with van der Waals surface area (Å²) in [6, 6.07) is 118. The number of anilines is 12. The van der Waals surface area contributed by atoms with Gasteiger partial charge < -0.3 is 28.9 Å². The number of rotatable bonds is 9. The van der Waals surface area contributed by atoms with Crippen molar-refractivity contribution in [1.82, 2.24) is 4.57 Å². The van der Waals surface area contributed by atoms with Gasteiger partial charge in [0.2, 0.25) is 0 Å². The summed E-state index contributed by atoms with van der Waals surface area (Å²) >= 11 is 0. The Labute approximate surface area is 556 Å². The third-order valence-electron chi connectivity index (χ3n) is 19.8. The molecule has 1 aromatic heterocycles. The standard InChI is InChI=1S/C86H53B2N7O/c1-90-59-47-58(55-89)85-69(48-59)68-39-20-23-44-74(68)94(85)65-51-80-84-82(52-65)96-81-54-77-72(53-73(81)88(84)71-43-22-25-46-76(71)95(80)86-66(56-27-8-2-9-28-56)40-26-41-67(86)57-29-10-3-11-30-57)87-70-42-21-24-45-75(70)92(62-35-16-6-17-36-62)78-49-64(50-79(83(78)87)93(77)63-37-18-7-19-38-63)91(60-31-12-4-13-32-60)61-33-14-5-15-34-61/h2-54H. The number of nitrogens with zero attached hydrogens (tertiary/aromatic N) is 7. The van der Waals surface area contributed by atoms with E-state index in [2.05, 4.69) is 332 Å². The fourth-order valence-electron chi connectivity index (χ4n) is 15.9. The third kappa shape index (κ3) is 8.29. The molecule has 8 nitrogen and oxygen atoms in total. The van der Waals surface area contributed by atoms with Gasteiger partial charge in [0.1, 0.15) is 17.6 Å². The van der Waals surface area contributed by atoms with E-state index in [1.54, 1.807) is 6.07 Å². The van der Waals surface area contributed by atoms with E-state index in [1.807, 2.05) is 18.2 Å². The topological polar surface area (TPSA) is 55.3 Å². The van der Waals surface area contributed by atoms with Crippen LogP contribution < -0.4 is 57.1 Å². The predicted molar refractivity (Wildman–Crippen MR) is 397 cm³/mol. The summed E-state index contributed by atoms with van der Waals surface area (Å²) in [4.78, 5) is 13.7. The maximum atomic E-state index is 11.2. The second-order valence-corrected chi connectivity index (χ2v) is 24.9. The van der Waals surface area contributed by atoms with Gasteiger partial charge >= 0.3 is 0 Å². The minimum Gasteiger partial charge on any atom is -0.458 e. The fraction of sp³-hybridized carbons (Fsp3) is 0. The zero-order chi connectivity index (χ0) is 63.5. The minimum atomic E-state index is -0.318. The van der Waals surface area contributed by atoms with E-state index in [9.17, 15) is 5.26 Å². The van der Waals surface area contributed by atoms with Crippen molar-refractivity contribution >= 4 is 142 Å². The average Bonchev–Trinajstić information content (AvgIpc) is 0.748. The summed E-state index contributed by atoms with van der Waals surface area (Å²) in [7, 11) is 0. The highest BCUT2D eigenvalue weighted by Crippen LogP contribution is 2.53. The van der Waals surface area contributed by atoms with Gasteiger partial charge in [-0.25, -0.2) is 4.85 Å². The van der Waals surface area contributed by atoms with Crippen molar-refractivity contribution in [2.24, 2.45) is 0 Å². The molecule has 444 valence electrons. The van der Waals surface area contributed by atoms with Crippen LogP contribution in [0.25, 0.3) is 54.6 Å². The Balaban J connectivity index is 0.917. The quantitative estimate of drug-likeness (QED) is 0.106. The normalized spacial score (nSPS) is 12.8. The average molecular weight is 1220 g/mol. The molecule has 0 spiro atoms. The number of hydrogen-bond donors (Lipinski definition) is 0. The SMILES string of the molecule is [C-]#[N+]c1cc(C#N)c2c(c1)c1ccccc1n2-c1cc2c3c(c1)N(c1c(-c4ccccc4)cccc1-c1ccccc1)c1ccccc1B3c1cc3c(cc1O2)N(c1ccccc1)c1cc(N(c2ccccc2)c2ccccc2)cc2c1B3c1ccccc1N2c1ccccc1. The maximum absolute atomic E-state index is 11.2. The predicted octanol–water partition coefficient (Wildman–Crippen LogP) is 18.5. The highest BCUT2D eigenvalue weighted by atomic mass is 16.5. The van der Waals surface area contributed by atoms with Crippen molar-refractivity contribution in [2.45, 2.75) is 0 Å². The van der Waals surface area contributed by atoms with Crippen molar-refractivity contribution in [2.75, 3.05) is 19.6 Å². The number of ether oxygens (including phenoxy) is 1. The highest BCUT2D eigenvalue weighted by molar-refractivity contribution is 7.02. The Bertz CT molecular complexity index is 5660. The molecule has 0 saturated carbocycles. The van der Waals surface area contributed by atoms with Crippen LogP contribution in [0.2, 0.25) is 0 Å². The van der Waals surface area contributed by atoms with Crippen LogP contribution in [0.4, 0.5) is 73.9 Å². The molecule has 15 aromatic rings. The molecule has 4 aliphatic rings. The molecule has 0 radical (unpaired) electrons. The molecule has 0 bridgehead atoms. The Morgan fingerprint density at radius 1 is 0.375 bits per heavy atom. The summed E-state index contributed by atoms with van der Waals surface area (Å²) in [5, 5.41) is 12.9. The van der Waals surface area contributed by atoms with Gasteiger partial charge in [0.05, 0.1) is 40.2 Å². The lowest BCUT2D eigenvalue weighted by atomic mass is 9.30. The fourth-order valence-corrected chi connectivity index (χ4v) is 15.9. The Hall–Kier alpha value is -13.0. The van der Waals surface area contributed by atoms with Crippen LogP contribution in [0.3, 0.4) is 0 Å². The zero-order valence-electron chi connectivity index (χ0n) is 51.8. The van der Waals surface area contributed by atoms with E-state index in [-0.39, 0.29) is 13.4 Å². The second kappa shape index (κ2) is 21.8. The van der Waals surface area contributed by atoms with E-state index in [1.165, 1.54) is 16.4 Å². The molecule has 14 aromatic carbocycles. The smallest absolute Gasteiger partial charge is 0.256 e. The van der Waals surface area contributed by atoms with E-state index >= 15 is 0 Å². The zero-order valence-corrected chi connectivity index (χ0v) is 51.8. The number of benzene rings is 14. The summed E-state index contributed by atoms with van der Waals surface area (Å²) in [5.41, 5.74) is 26.9. The first kappa shape index (κ1) is 54.7. The first-order valence-electron chi connectivity index (χ1n) is 32.5. The Morgan fingerprint density at radius 2 is 0.885 bits per heavy atom. The molecule has 4 aliphatic heterocycles. The number of fused-ring (bicyclic) bond motifs is 11. The number of para-hydroxylation sites is 8. The lowest BCUT2D eigenvalue weighted by Crippen LogP contribution is -2.64. The van der Waals surface area contributed by atoms with Crippen LogP contribution in [-0.2, 0) is 0 Å². The number of nitriles is 1. The molecule has 0 atom stereocenters. The van der Waals surface area contributed by atoms with Gasteiger partial charge in [-0.05, 0) is 146 Å². The molecule has 0 unspecified atom stereocenters. The van der Waals surface area contributed by atoms with Crippen LogP contribution in [0.5, 0.6) is 11.5 Å². The van der Waals surface area contributed by atoms with Crippen LogP contribution in [0, 0.1) is 17.9 Å². The van der Waals surface area contributed by atoms with Crippen molar-refractivity contribution in [3.05, 3.63) is 338 Å². The van der Waals surface area contributed by atoms with E-state index in [0.717, 1.165) is 140 Å². The second-order valence-electron chi connectivity index (χ2n) is 24.9. The van der Waals surface area contributed by atoms with Gasteiger partial charge in [0.15, 0.2) is 5.69 Å². The van der Waals surface area contributed by atoms with Gasteiger partial charge in [-0.15, -0.1) is 0 Å². The summed E-state index contributed by atoms with van der Waals surface area (Å²) in [6.45, 7) is 7.63. The molecular weight excluding hydrogens is 1170 g/mol. The van der Waals surface area contributed by atoms with Crippen LogP contribution in [-0.4, -0.2) is 18.0 Å². The molecule has 96 heavy (non-hydrogen) atoms. The number of aromatic nitrogens is 1. The first-order valence-corrected chi connectivity index (χ1v) is 32.5. The first-order chi connectivity index (χ1) is 47.6. The van der Waals surface area contributed by atoms with Crippen molar-refractivity contribution in [3.63, 3.8) is 0 Å². The summed E-state index contributed by atoms with van der Waals surface area (Å²) in [5.74, 6) is 1.45. The van der Waals surface area contributed by atoms with E-state index < -0.39 is 0 Å². The van der Waals surface area contributed by atoms with Gasteiger partial charge in [-0.3, -0.25) is 0 Å². The molecule has 10 heteroatoms. The Kier molecular flexibility index (Phi) is 12.4. The van der Waals surface area contributed by atoms with E-state index in [4.69, 9.17) is 11.3 Å². The lowest BCUT2D eigenvalue weighted by Gasteiger charge is -2.46. The van der Waals surface area contributed by atoms with Crippen molar-refractivity contribution < 1.29 is 4.74 Å². The molecular formula is C86H53B2N7O. The summed E-state index contributed by atoms with van der Waals surface area (Å²) < 4.78 is 10.1. The monoisotopic (exact) mass is 1220 g/mol. The molecule has 5 heterocycles. The van der Waals surface area contributed by atoms with Gasteiger partial charge in [0, 0.05) is 85.5 Å². The van der Waals surface area contributed by atoms with Gasteiger partial charge in [0.25, 0.3) is 13.4 Å². The molecule has 0 saturated heterocycles. The molecule has 0 N–H and O–H groups in total. The highest BCUT2D eigenvalue weighted by Gasteiger charge is 2.48. The van der Waals surface area contributed by atoms with Crippen LogP contribution in [0.1, 0.15) is 5.56 Å². The molecule has 0 fully saturated rings. The summed E-state index contributed by atoms with van der Waals surface area (Å²) in [6.07, 6.45) is 0. The minimum absolute atomic E-state index is 0.222. The van der Waals surface area contributed by atoms with Crippen LogP contribution in [0.15, 0.2) is 322 Å². The van der Waals surface area contributed by atoms with Crippen molar-refractivity contribution in [1.29, 1.82) is 5.26 Å². The number of hydrogen-bond acceptors (Lipinski definition) is 6. The maximum Gasteiger partial charge on any atom is 0.256 e. The Morgan fingerprint density at radius 3 is 1.48 bits per heavy atom.